The molecule has 0 fully saturated rings. The minimum absolute atomic E-state index is 0.211. The Kier molecular flexibility index (Phi) is 6.14. The molecule has 2 atom stereocenters. The Morgan fingerprint density at radius 2 is 1.71 bits per heavy atom. The number of benzene rings is 3. The van der Waals surface area contributed by atoms with Gasteiger partial charge in [-0.15, -0.1) is 0 Å². The van der Waals surface area contributed by atoms with E-state index in [1.54, 1.807) is 12.1 Å². The molecule has 0 saturated carbocycles. The molecule has 0 bridgehead atoms. The molecule has 0 aromatic heterocycles. The van der Waals surface area contributed by atoms with E-state index in [2.05, 4.69) is 21.8 Å². The van der Waals surface area contributed by atoms with Crippen molar-refractivity contribution in [3.05, 3.63) is 95.1 Å². The van der Waals surface area contributed by atoms with E-state index in [1.165, 1.54) is 5.56 Å². The predicted molar refractivity (Wildman–Crippen MR) is 124 cm³/mol. The van der Waals surface area contributed by atoms with Gasteiger partial charge in [-0.2, -0.15) is 0 Å². The number of hydrogen-bond acceptors (Lipinski definition) is 4. The van der Waals surface area contributed by atoms with Crippen LogP contribution in [0.3, 0.4) is 0 Å². The lowest BCUT2D eigenvalue weighted by Crippen LogP contribution is -2.34. The summed E-state index contributed by atoms with van der Waals surface area (Å²) in [6, 6.07) is 22.4. The summed E-state index contributed by atoms with van der Waals surface area (Å²) in [5.41, 5.74) is 5.06. The Balaban J connectivity index is 1.57. The summed E-state index contributed by atoms with van der Waals surface area (Å²) in [4.78, 5) is 2.33. The van der Waals surface area contributed by atoms with E-state index in [0.29, 0.717) is 6.42 Å². The number of aryl methyl sites for hydroxylation is 1. The first kappa shape index (κ1) is 21.6. The summed E-state index contributed by atoms with van der Waals surface area (Å²) in [5.74, 6) is 0. The predicted octanol–water partition coefficient (Wildman–Crippen LogP) is 3.82. The molecule has 31 heavy (non-hydrogen) atoms. The lowest BCUT2D eigenvalue weighted by molar-refractivity contribution is 0.151. The van der Waals surface area contributed by atoms with Crippen LogP contribution in [0.15, 0.2) is 77.7 Å². The largest absolute Gasteiger partial charge is 0.391 e. The Hall–Kier alpha value is -2.67. The number of nitrogens with one attached hydrogen (secondary N) is 1. The standard InChI is InChI=1S/C25H28N2O3S/c1-3-18-9-13-22(14-10-18)31(29,30)26-25-23-16-21(12-11-20(23)15-24(25)28)27(2)17-19-7-5-4-6-8-19/h4-14,16,24-26,28H,3,15,17H2,1-2H3. The molecule has 3 aromatic carbocycles. The Labute approximate surface area is 184 Å². The van der Waals surface area contributed by atoms with Crippen LogP contribution in [0.2, 0.25) is 0 Å². The fraction of sp³-hybridized carbons (Fsp3) is 0.280. The first-order valence-electron chi connectivity index (χ1n) is 10.5. The fourth-order valence-electron chi connectivity index (χ4n) is 4.08. The van der Waals surface area contributed by atoms with E-state index < -0.39 is 22.2 Å². The molecule has 0 saturated heterocycles. The van der Waals surface area contributed by atoms with E-state index in [-0.39, 0.29) is 4.90 Å². The van der Waals surface area contributed by atoms with E-state index in [4.69, 9.17) is 0 Å². The van der Waals surface area contributed by atoms with Gasteiger partial charge in [-0.1, -0.05) is 55.5 Å². The number of rotatable bonds is 7. The second-order valence-corrected chi connectivity index (χ2v) is 9.81. The molecule has 5 nitrogen and oxygen atoms in total. The SMILES string of the molecule is CCc1ccc(S(=O)(=O)NC2c3cc(N(C)Cc4ccccc4)ccc3CC2O)cc1. The molecule has 1 aliphatic rings. The second-order valence-electron chi connectivity index (χ2n) is 8.09. The zero-order valence-electron chi connectivity index (χ0n) is 17.8. The maximum Gasteiger partial charge on any atom is 0.241 e. The van der Waals surface area contributed by atoms with Gasteiger partial charge in [-0.3, -0.25) is 0 Å². The molecule has 3 aromatic rings. The van der Waals surface area contributed by atoms with Crippen molar-refractivity contribution in [3.63, 3.8) is 0 Å². The van der Waals surface area contributed by atoms with Crippen molar-refractivity contribution in [3.8, 4) is 0 Å². The van der Waals surface area contributed by atoms with Gasteiger partial charge < -0.3 is 10.0 Å². The summed E-state index contributed by atoms with van der Waals surface area (Å²) in [5, 5.41) is 10.6. The van der Waals surface area contributed by atoms with E-state index in [1.807, 2.05) is 62.5 Å². The monoisotopic (exact) mass is 436 g/mol. The Morgan fingerprint density at radius 3 is 2.39 bits per heavy atom. The molecule has 2 N–H and O–H groups in total. The summed E-state index contributed by atoms with van der Waals surface area (Å²) >= 11 is 0. The molecule has 1 aliphatic carbocycles. The number of hydrogen-bond donors (Lipinski definition) is 2. The minimum Gasteiger partial charge on any atom is -0.391 e. The number of aliphatic hydroxyl groups is 1. The molecule has 2 unspecified atom stereocenters. The first-order valence-corrected chi connectivity index (χ1v) is 12.0. The van der Waals surface area contributed by atoms with Crippen LogP contribution >= 0.6 is 0 Å². The summed E-state index contributed by atoms with van der Waals surface area (Å²) in [7, 11) is -1.74. The van der Waals surface area contributed by atoms with Crippen molar-refractivity contribution < 1.29 is 13.5 Å². The fourth-order valence-corrected chi connectivity index (χ4v) is 5.32. The zero-order valence-corrected chi connectivity index (χ0v) is 18.6. The molecule has 0 heterocycles. The highest BCUT2D eigenvalue weighted by molar-refractivity contribution is 7.89. The lowest BCUT2D eigenvalue weighted by atomic mass is 10.1. The first-order chi connectivity index (χ1) is 14.9. The zero-order chi connectivity index (χ0) is 22.0. The van der Waals surface area contributed by atoms with Gasteiger partial charge in [0.1, 0.15) is 0 Å². The number of fused-ring (bicyclic) bond motifs is 1. The summed E-state index contributed by atoms with van der Waals surface area (Å²) < 4.78 is 28.7. The molecule has 4 rings (SSSR count). The van der Waals surface area contributed by atoms with Crippen LogP contribution in [0.5, 0.6) is 0 Å². The number of anilines is 1. The van der Waals surface area contributed by atoms with Crippen LogP contribution in [0, 0.1) is 0 Å². The quantitative estimate of drug-likeness (QED) is 0.591. The lowest BCUT2D eigenvalue weighted by Gasteiger charge is -2.22. The molecule has 0 radical (unpaired) electrons. The molecule has 0 amide bonds. The van der Waals surface area contributed by atoms with E-state index >= 15 is 0 Å². The van der Waals surface area contributed by atoms with Crippen molar-refractivity contribution in [2.75, 3.05) is 11.9 Å². The van der Waals surface area contributed by atoms with Gasteiger partial charge in [0.25, 0.3) is 0 Å². The van der Waals surface area contributed by atoms with Gasteiger partial charge in [-0.05, 0) is 52.9 Å². The van der Waals surface area contributed by atoms with Crippen LogP contribution in [0.4, 0.5) is 5.69 Å². The van der Waals surface area contributed by atoms with Crippen molar-refractivity contribution in [1.29, 1.82) is 0 Å². The van der Waals surface area contributed by atoms with Gasteiger partial charge in [0, 0.05) is 25.7 Å². The molecular formula is C25H28N2O3S. The average Bonchev–Trinajstić information content (AvgIpc) is 3.08. The average molecular weight is 437 g/mol. The van der Waals surface area contributed by atoms with E-state index in [9.17, 15) is 13.5 Å². The Morgan fingerprint density at radius 1 is 1.00 bits per heavy atom. The number of aliphatic hydroxyl groups excluding tert-OH is 1. The maximum absolute atomic E-state index is 13.0. The van der Waals surface area contributed by atoms with E-state index in [0.717, 1.165) is 35.3 Å². The van der Waals surface area contributed by atoms with Crippen molar-refractivity contribution >= 4 is 15.7 Å². The number of nitrogens with zero attached hydrogens (tertiary/aromatic N) is 1. The Bertz CT molecular complexity index is 1150. The van der Waals surface area contributed by atoms with Crippen LogP contribution in [-0.2, 0) is 29.4 Å². The third-order valence-corrected chi connectivity index (χ3v) is 7.36. The van der Waals surface area contributed by atoms with Crippen LogP contribution in [0.1, 0.15) is 35.2 Å². The van der Waals surface area contributed by atoms with Gasteiger partial charge in [0.15, 0.2) is 0 Å². The minimum atomic E-state index is -3.75. The van der Waals surface area contributed by atoms with Gasteiger partial charge >= 0.3 is 0 Å². The maximum atomic E-state index is 13.0. The van der Waals surface area contributed by atoms with Crippen molar-refractivity contribution in [2.24, 2.45) is 0 Å². The normalized spacial score (nSPS) is 18.0. The molecule has 6 heteroatoms. The third-order valence-electron chi connectivity index (χ3n) is 5.91. The highest BCUT2D eigenvalue weighted by Gasteiger charge is 2.35. The van der Waals surface area contributed by atoms with Gasteiger partial charge in [-0.25, -0.2) is 13.1 Å². The summed E-state index contributed by atoms with van der Waals surface area (Å²) in [6.07, 6.45) is 0.483. The van der Waals surface area contributed by atoms with Gasteiger partial charge in [0.05, 0.1) is 17.0 Å². The van der Waals surface area contributed by atoms with Crippen LogP contribution in [0.25, 0.3) is 0 Å². The molecule has 0 spiro atoms. The van der Waals surface area contributed by atoms with Gasteiger partial charge in [0.2, 0.25) is 10.0 Å². The van der Waals surface area contributed by atoms with Crippen LogP contribution in [-0.4, -0.2) is 26.7 Å². The number of sulfonamides is 1. The van der Waals surface area contributed by atoms with Crippen molar-refractivity contribution in [1.82, 2.24) is 4.72 Å². The van der Waals surface area contributed by atoms with Crippen LogP contribution < -0.4 is 9.62 Å². The third kappa shape index (κ3) is 4.66. The topological polar surface area (TPSA) is 69.6 Å². The van der Waals surface area contributed by atoms with Crippen molar-refractivity contribution in [2.45, 2.75) is 43.4 Å². The molecule has 0 aliphatic heterocycles. The second kappa shape index (κ2) is 8.83. The summed E-state index contributed by atoms with van der Waals surface area (Å²) in [6.45, 7) is 2.77. The molecule has 162 valence electrons. The highest BCUT2D eigenvalue weighted by Crippen LogP contribution is 2.35. The molecular weight excluding hydrogens is 408 g/mol. The highest BCUT2D eigenvalue weighted by atomic mass is 32.2. The smallest absolute Gasteiger partial charge is 0.241 e.